The molecule has 8 heteroatoms. The molecule has 0 bridgehead atoms. The Morgan fingerprint density at radius 2 is 1.90 bits per heavy atom. The number of benzene rings is 1. The average molecular weight is 313 g/mol. The van der Waals surface area contributed by atoms with Crippen molar-refractivity contribution in [3.63, 3.8) is 0 Å². The average Bonchev–Trinajstić information content (AvgIpc) is 2.35. The van der Waals surface area contributed by atoms with Gasteiger partial charge in [-0.1, -0.05) is 6.92 Å². The van der Waals surface area contributed by atoms with Crippen LogP contribution in [0.1, 0.15) is 18.1 Å². The Labute approximate surface area is 124 Å². The normalized spacial score (nSPS) is 16.0. The Kier molecular flexibility index (Phi) is 4.31. The highest BCUT2D eigenvalue weighted by molar-refractivity contribution is 7.89. The predicted molar refractivity (Wildman–Crippen MR) is 78.8 cm³/mol. The number of nitro groups is 1. The largest absolute Gasteiger partial charge is 0.313 e. The predicted octanol–water partition coefficient (Wildman–Crippen LogP) is 1.19. The molecule has 0 radical (unpaired) electrons. The lowest BCUT2D eigenvalue weighted by atomic mass is 10.1. The molecule has 1 saturated heterocycles. The SMILES string of the molecule is CCN(C1CNC1)S(=O)(=O)c1cc(C)c(C)cc1[N+](=O)[O-]. The molecule has 0 spiro atoms. The lowest BCUT2D eigenvalue weighted by molar-refractivity contribution is -0.387. The molecule has 0 aromatic heterocycles. The molecular weight excluding hydrogens is 294 g/mol. The monoisotopic (exact) mass is 313 g/mol. The molecule has 0 saturated carbocycles. The summed E-state index contributed by atoms with van der Waals surface area (Å²) in [6.07, 6.45) is 0. The van der Waals surface area contributed by atoms with Gasteiger partial charge in [-0.2, -0.15) is 4.31 Å². The molecule has 0 unspecified atom stereocenters. The number of nitrogens with zero attached hydrogens (tertiary/aromatic N) is 2. The minimum absolute atomic E-state index is 0.138. The molecule has 1 heterocycles. The van der Waals surface area contributed by atoms with Gasteiger partial charge >= 0.3 is 0 Å². The van der Waals surface area contributed by atoms with Gasteiger partial charge in [-0.05, 0) is 31.0 Å². The number of aryl methyl sites for hydroxylation is 2. The van der Waals surface area contributed by atoms with Crippen LogP contribution in [0.15, 0.2) is 17.0 Å². The lowest BCUT2D eigenvalue weighted by Gasteiger charge is -2.36. The number of hydrogen-bond acceptors (Lipinski definition) is 5. The number of rotatable bonds is 5. The summed E-state index contributed by atoms with van der Waals surface area (Å²) in [4.78, 5) is 10.4. The number of hydrogen-bond donors (Lipinski definition) is 1. The van der Waals surface area contributed by atoms with Gasteiger partial charge in [0.15, 0.2) is 4.90 Å². The topological polar surface area (TPSA) is 92.6 Å². The van der Waals surface area contributed by atoms with E-state index >= 15 is 0 Å². The summed E-state index contributed by atoms with van der Waals surface area (Å²) in [6.45, 7) is 6.66. The summed E-state index contributed by atoms with van der Waals surface area (Å²) < 4.78 is 26.9. The number of nitro benzene ring substituents is 1. The summed E-state index contributed by atoms with van der Waals surface area (Å²) in [5, 5.41) is 14.2. The minimum atomic E-state index is -3.87. The maximum atomic E-state index is 12.8. The van der Waals surface area contributed by atoms with Gasteiger partial charge in [-0.15, -0.1) is 0 Å². The first kappa shape index (κ1) is 15.9. The van der Waals surface area contributed by atoms with Crippen LogP contribution in [0, 0.1) is 24.0 Å². The van der Waals surface area contributed by atoms with Gasteiger partial charge in [0.2, 0.25) is 10.0 Å². The highest BCUT2D eigenvalue weighted by Crippen LogP contribution is 2.30. The third-order valence-electron chi connectivity index (χ3n) is 3.84. The van der Waals surface area contributed by atoms with Crippen LogP contribution in [-0.2, 0) is 10.0 Å². The zero-order chi connectivity index (χ0) is 15.8. The van der Waals surface area contributed by atoms with Gasteiger partial charge in [0, 0.05) is 25.7 Å². The van der Waals surface area contributed by atoms with Crippen LogP contribution in [0.4, 0.5) is 5.69 Å². The van der Waals surface area contributed by atoms with Crippen molar-refractivity contribution in [2.75, 3.05) is 19.6 Å². The van der Waals surface area contributed by atoms with Crippen molar-refractivity contribution in [3.05, 3.63) is 33.4 Å². The Balaban J connectivity index is 2.57. The van der Waals surface area contributed by atoms with Gasteiger partial charge < -0.3 is 5.32 Å². The Bertz CT molecular complexity index is 668. The van der Waals surface area contributed by atoms with E-state index in [4.69, 9.17) is 0 Å². The van der Waals surface area contributed by atoms with Crippen molar-refractivity contribution >= 4 is 15.7 Å². The summed E-state index contributed by atoms with van der Waals surface area (Å²) in [5.74, 6) is 0. The van der Waals surface area contributed by atoms with Crippen LogP contribution in [-0.4, -0.2) is 43.3 Å². The van der Waals surface area contributed by atoms with Crippen LogP contribution >= 0.6 is 0 Å². The van der Waals surface area contributed by atoms with Crippen molar-refractivity contribution in [2.45, 2.75) is 31.7 Å². The molecule has 0 atom stereocenters. The fraction of sp³-hybridized carbons (Fsp3) is 0.538. The van der Waals surface area contributed by atoms with E-state index in [0.29, 0.717) is 25.2 Å². The standard InChI is InChI=1S/C13H19N3O4S/c1-4-15(11-7-14-8-11)21(19,20)13-6-10(3)9(2)5-12(13)16(17)18/h5-6,11,14H,4,7-8H2,1-3H3. The van der Waals surface area contributed by atoms with Crippen molar-refractivity contribution in [3.8, 4) is 0 Å². The molecular formula is C13H19N3O4S. The van der Waals surface area contributed by atoms with Gasteiger partial charge in [0.1, 0.15) is 0 Å². The van der Waals surface area contributed by atoms with Crippen molar-refractivity contribution in [2.24, 2.45) is 0 Å². The van der Waals surface area contributed by atoms with Crippen LogP contribution in [0.25, 0.3) is 0 Å². The summed E-state index contributed by atoms with van der Waals surface area (Å²) in [6, 6.07) is 2.59. The second-order valence-corrected chi connectivity index (χ2v) is 7.04. The molecule has 1 N–H and O–H groups in total. The third kappa shape index (κ3) is 2.78. The fourth-order valence-corrected chi connectivity index (χ4v) is 4.21. The molecule has 116 valence electrons. The van der Waals surface area contributed by atoms with Gasteiger partial charge in [0.25, 0.3) is 5.69 Å². The first-order chi connectivity index (χ1) is 9.78. The van der Waals surface area contributed by atoms with E-state index in [9.17, 15) is 18.5 Å². The minimum Gasteiger partial charge on any atom is -0.313 e. The molecule has 2 rings (SSSR count). The highest BCUT2D eigenvalue weighted by Gasteiger charge is 2.37. The van der Waals surface area contributed by atoms with Crippen LogP contribution in [0.2, 0.25) is 0 Å². The molecule has 1 fully saturated rings. The molecule has 0 amide bonds. The Hall–Kier alpha value is -1.51. The van der Waals surface area contributed by atoms with Gasteiger partial charge in [-0.25, -0.2) is 8.42 Å². The Morgan fingerprint density at radius 1 is 1.33 bits per heavy atom. The third-order valence-corrected chi connectivity index (χ3v) is 5.89. The van der Waals surface area contributed by atoms with E-state index in [1.54, 1.807) is 20.8 Å². The molecule has 1 aromatic rings. The maximum Gasteiger partial charge on any atom is 0.289 e. The second-order valence-electron chi connectivity index (χ2n) is 5.18. The fourth-order valence-electron chi connectivity index (χ4n) is 2.35. The van der Waals surface area contributed by atoms with E-state index in [1.165, 1.54) is 16.4 Å². The number of nitrogens with one attached hydrogen (secondary N) is 1. The quantitative estimate of drug-likeness (QED) is 0.651. The van der Waals surface area contributed by atoms with Crippen molar-refractivity contribution in [1.82, 2.24) is 9.62 Å². The van der Waals surface area contributed by atoms with Crippen LogP contribution < -0.4 is 5.32 Å². The molecule has 1 aromatic carbocycles. The van der Waals surface area contributed by atoms with E-state index in [-0.39, 0.29) is 16.6 Å². The second kappa shape index (κ2) is 5.70. The summed E-state index contributed by atoms with van der Waals surface area (Å²) in [7, 11) is -3.87. The van der Waals surface area contributed by atoms with Gasteiger partial charge in [-0.3, -0.25) is 10.1 Å². The van der Waals surface area contributed by atoms with Crippen LogP contribution in [0.5, 0.6) is 0 Å². The smallest absolute Gasteiger partial charge is 0.289 e. The van der Waals surface area contributed by atoms with E-state index in [2.05, 4.69) is 5.32 Å². The van der Waals surface area contributed by atoms with E-state index in [1.807, 2.05) is 0 Å². The van der Waals surface area contributed by atoms with E-state index in [0.717, 1.165) is 5.56 Å². The summed E-state index contributed by atoms with van der Waals surface area (Å²) >= 11 is 0. The van der Waals surface area contributed by atoms with Crippen molar-refractivity contribution < 1.29 is 13.3 Å². The summed E-state index contributed by atoms with van der Waals surface area (Å²) in [5.41, 5.74) is 1.07. The molecule has 0 aliphatic carbocycles. The van der Waals surface area contributed by atoms with Crippen LogP contribution in [0.3, 0.4) is 0 Å². The molecule has 1 aliphatic rings. The first-order valence-electron chi connectivity index (χ1n) is 6.77. The number of sulfonamides is 1. The van der Waals surface area contributed by atoms with Gasteiger partial charge in [0.05, 0.1) is 11.0 Å². The Morgan fingerprint density at radius 3 is 2.33 bits per heavy atom. The zero-order valence-electron chi connectivity index (χ0n) is 12.3. The molecule has 7 nitrogen and oxygen atoms in total. The molecule has 1 aliphatic heterocycles. The maximum absolute atomic E-state index is 12.8. The first-order valence-corrected chi connectivity index (χ1v) is 8.21. The molecule has 21 heavy (non-hydrogen) atoms. The van der Waals surface area contributed by atoms with Crippen molar-refractivity contribution in [1.29, 1.82) is 0 Å². The number of likely N-dealkylation sites (N-methyl/N-ethyl adjacent to an activating group) is 1. The highest BCUT2D eigenvalue weighted by atomic mass is 32.2. The van der Waals surface area contributed by atoms with E-state index < -0.39 is 14.9 Å². The lowest BCUT2D eigenvalue weighted by Crippen LogP contribution is -2.58. The zero-order valence-corrected chi connectivity index (χ0v) is 13.1.